The Morgan fingerprint density at radius 3 is 2.67 bits per heavy atom. The Morgan fingerprint density at radius 1 is 1.24 bits per heavy atom. The minimum Gasteiger partial charge on any atom is -0.493 e. The molecule has 0 unspecified atom stereocenters. The summed E-state index contributed by atoms with van der Waals surface area (Å²) < 4.78 is 18.4. The van der Waals surface area contributed by atoms with Gasteiger partial charge in [0.05, 0.1) is 17.3 Å². The molecular weight excluding hydrogens is 287 g/mol. The van der Waals surface area contributed by atoms with E-state index in [-0.39, 0.29) is 5.82 Å². The van der Waals surface area contributed by atoms with Crippen molar-refractivity contribution in [1.29, 1.82) is 0 Å². The molecule has 0 saturated carbocycles. The zero-order chi connectivity index (χ0) is 15.1. The van der Waals surface area contributed by atoms with E-state index in [1.54, 1.807) is 23.5 Å². The Balaban J connectivity index is 1.87. The highest BCUT2D eigenvalue weighted by Crippen LogP contribution is 2.20. The summed E-state index contributed by atoms with van der Waals surface area (Å²) in [7, 11) is 0. The smallest absolute Gasteiger partial charge is 0.123 e. The number of ether oxygens (including phenoxy) is 1. The lowest BCUT2D eigenvalue weighted by atomic mass is 10.3. The minimum atomic E-state index is -0.247. The normalized spacial score (nSPS) is 10.8. The lowest BCUT2D eigenvalue weighted by molar-refractivity contribution is 0.321. The number of hydrogen-bond donors (Lipinski definition) is 1. The predicted molar refractivity (Wildman–Crippen MR) is 84.5 cm³/mol. The van der Waals surface area contributed by atoms with Crippen LogP contribution in [-0.2, 0) is 19.4 Å². The Bertz CT molecular complexity index is 554. The summed E-state index contributed by atoms with van der Waals surface area (Å²) in [6, 6.07) is 6.10. The van der Waals surface area contributed by atoms with Gasteiger partial charge in [-0.25, -0.2) is 9.37 Å². The molecule has 2 rings (SSSR count). The molecule has 0 amide bonds. The van der Waals surface area contributed by atoms with E-state index < -0.39 is 0 Å². The number of thiazole rings is 1. The van der Waals surface area contributed by atoms with Crippen LogP contribution in [0.2, 0.25) is 0 Å². The van der Waals surface area contributed by atoms with Gasteiger partial charge in [0.1, 0.15) is 11.6 Å². The van der Waals surface area contributed by atoms with Gasteiger partial charge in [-0.1, -0.05) is 13.8 Å². The number of rotatable bonds is 8. The minimum absolute atomic E-state index is 0.247. The molecule has 0 spiro atoms. The lowest BCUT2D eigenvalue weighted by Crippen LogP contribution is -2.11. The van der Waals surface area contributed by atoms with Gasteiger partial charge in [0.15, 0.2) is 0 Å². The van der Waals surface area contributed by atoms with Crippen LogP contribution in [0.5, 0.6) is 5.75 Å². The fraction of sp³-hybridized carbons (Fsp3) is 0.438. The molecule has 0 atom stereocenters. The van der Waals surface area contributed by atoms with E-state index in [1.807, 2.05) is 0 Å². The van der Waals surface area contributed by atoms with Crippen molar-refractivity contribution in [3.05, 3.63) is 45.7 Å². The number of nitrogens with zero attached hydrogens (tertiary/aromatic N) is 1. The first-order valence-corrected chi connectivity index (χ1v) is 8.11. The van der Waals surface area contributed by atoms with Crippen LogP contribution in [0.1, 0.15) is 29.4 Å². The monoisotopic (exact) mass is 308 g/mol. The van der Waals surface area contributed by atoms with Crippen LogP contribution in [0.4, 0.5) is 4.39 Å². The van der Waals surface area contributed by atoms with Crippen LogP contribution in [0.15, 0.2) is 24.3 Å². The van der Waals surface area contributed by atoms with E-state index in [0.717, 1.165) is 30.9 Å². The van der Waals surface area contributed by atoms with Crippen LogP contribution in [0.25, 0.3) is 0 Å². The van der Waals surface area contributed by atoms with Gasteiger partial charge in [-0.15, -0.1) is 11.3 Å². The average Bonchev–Trinajstić information content (AvgIpc) is 2.89. The molecule has 1 aromatic carbocycles. The Morgan fingerprint density at radius 2 is 2.00 bits per heavy atom. The van der Waals surface area contributed by atoms with Crippen molar-refractivity contribution >= 4 is 11.3 Å². The molecule has 0 radical (unpaired) electrons. The van der Waals surface area contributed by atoms with Crippen LogP contribution in [-0.4, -0.2) is 18.1 Å². The first-order valence-electron chi connectivity index (χ1n) is 7.29. The molecule has 0 aliphatic carbocycles. The number of aryl methyl sites for hydroxylation is 1. The zero-order valence-corrected chi connectivity index (χ0v) is 13.3. The largest absolute Gasteiger partial charge is 0.493 e. The van der Waals surface area contributed by atoms with Crippen molar-refractivity contribution < 1.29 is 9.13 Å². The molecule has 5 heteroatoms. The van der Waals surface area contributed by atoms with Crippen molar-refractivity contribution in [2.75, 3.05) is 13.2 Å². The summed E-state index contributed by atoms with van der Waals surface area (Å²) in [5, 5.41) is 4.44. The summed E-state index contributed by atoms with van der Waals surface area (Å²) in [5.74, 6) is 0.444. The first kappa shape index (κ1) is 15.9. The number of hydrogen-bond acceptors (Lipinski definition) is 4. The molecule has 0 aliphatic rings. The molecule has 2 aromatic rings. The van der Waals surface area contributed by atoms with Crippen molar-refractivity contribution in [2.45, 2.75) is 33.2 Å². The van der Waals surface area contributed by atoms with Crippen LogP contribution >= 0.6 is 11.3 Å². The molecule has 1 heterocycles. The third-order valence-electron chi connectivity index (χ3n) is 3.09. The SMILES string of the molecule is CCNCc1sc(CCOc2ccc(F)cc2)nc1CC. The maximum Gasteiger partial charge on any atom is 0.123 e. The van der Waals surface area contributed by atoms with Gasteiger partial charge in [0.25, 0.3) is 0 Å². The average molecular weight is 308 g/mol. The summed E-state index contributed by atoms with van der Waals surface area (Å²) in [6.45, 7) is 6.64. The van der Waals surface area contributed by atoms with Gasteiger partial charge < -0.3 is 10.1 Å². The predicted octanol–water partition coefficient (Wildman–Crippen LogP) is 3.58. The van der Waals surface area contributed by atoms with Crippen LogP contribution in [0, 0.1) is 5.82 Å². The van der Waals surface area contributed by atoms with Gasteiger partial charge in [-0.2, -0.15) is 0 Å². The maximum atomic E-state index is 12.8. The fourth-order valence-corrected chi connectivity index (χ4v) is 3.09. The number of benzene rings is 1. The number of nitrogens with one attached hydrogen (secondary N) is 1. The Hall–Kier alpha value is -1.46. The molecular formula is C16H21FN2OS. The Kier molecular flexibility index (Phi) is 6.14. The van der Waals surface area contributed by atoms with E-state index in [2.05, 4.69) is 24.1 Å². The topological polar surface area (TPSA) is 34.1 Å². The van der Waals surface area contributed by atoms with Crippen molar-refractivity contribution in [3.8, 4) is 5.75 Å². The summed E-state index contributed by atoms with van der Waals surface area (Å²) in [4.78, 5) is 5.98. The summed E-state index contributed by atoms with van der Waals surface area (Å²) in [6.07, 6.45) is 1.73. The lowest BCUT2D eigenvalue weighted by Gasteiger charge is -2.04. The molecule has 0 bridgehead atoms. The van der Waals surface area contributed by atoms with Crippen molar-refractivity contribution in [1.82, 2.24) is 10.3 Å². The van der Waals surface area contributed by atoms with Crippen molar-refractivity contribution in [3.63, 3.8) is 0 Å². The molecule has 1 aromatic heterocycles. The summed E-state index contributed by atoms with van der Waals surface area (Å²) >= 11 is 1.75. The second-order valence-corrected chi connectivity index (χ2v) is 5.83. The zero-order valence-electron chi connectivity index (χ0n) is 12.5. The molecule has 1 N–H and O–H groups in total. The van der Waals surface area contributed by atoms with E-state index in [9.17, 15) is 4.39 Å². The van der Waals surface area contributed by atoms with Crippen molar-refractivity contribution in [2.24, 2.45) is 0 Å². The standard InChI is InChI=1S/C16H21FN2OS/c1-3-14-15(11-18-4-2)21-16(19-14)9-10-20-13-7-5-12(17)6-8-13/h5-8,18H,3-4,9-11H2,1-2H3. The first-order chi connectivity index (χ1) is 10.2. The molecule has 3 nitrogen and oxygen atoms in total. The highest BCUT2D eigenvalue weighted by molar-refractivity contribution is 7.11. The third kappa shape index (κ3) is 4.79. The van der Waals surface area contributed by atoms with E-state index in [1.165, 1.54) is 22.7 Å². The summed E-state index contributed by atoms with van der Waals surface area (Å²) in [5.41, 5.74) is 1.18. The highest BCUT2D eigenvalue weighted by Gasteiger charge is 2.09. The van der Waals surface area contributed by atoms with Gasteiger partial charge in [0, 0.05) is 17.8 Å². The van der Waals surface area contributed by atoms with Crippen LogP contribution in [0.3, 0.4) is 0 Å². The second kappa shape index (κ2) is 8.10. The molecule has 114 valence electrons. The molecule has 0 saturated heterocycles. The van der Waals surface area contributed by atoms with E-state index in [4.69, 9.17) is 4.74 Å². The van der Waals surface area contributed by atoms with Gasteiger partial charge in [0.2, 0.25) is 0 Å². The number of halogens is 1. The number of aromatic nitrogens is 1. The van der Waals surface area contributed by atoms with E-state index in [0.29, 0.717) is 12.4 Å². The third-order valence-corrected chi connectivity index (χ3v) is 4.25. The molecule has 0 aliphatic heterocycles. The van der Waals surface area contributed by atoms with E-state index >= 15 is 0 Å². The molecule has 21 heavy (non-hydrogen) atoms. The quantitative estimate of drug-likeness (QED) is 0.809. The van der Waals surface area contributed by atoms with Crippen LogP contribution < -0.4 is 10.1 Å². The fourth-order valence-electron chi connectivity index (χ4n) is 1.98. The maximum absolute atomic E-state index is 12.8. The Labute approximate surface area is 129 Å². The molecule has 0 fully saturated rings. The van der Waals surface area contributed by atoms with Gasteiger partial charge >= 0.3 is 0 Å². The highest BCUT2D eigenvalue weighted by atomic mass is 32.1. The second-order valence-electron chi connectivity index (χ2n) is 4.66. The van der Waals surface area contributed by atoms with Gasteiger partial charge in [-0.05, 0) is 37.2 Å². The van der Waals surface area contributed by atoms with Gasteiger partial charge in [-0.3, -0.25) is 0 Å².